The van der Waals surface area contributed by atoms with E-state index in [4.69, 9.17) is 11.6 Å². The summed E-state index contributed by atoms with van der Waals surface area (Å²) in [5.74, 6) is -18.3. The molecule has 0 aliphatic carbocycles. The van der Waals surface area contributed by atoms with Crippen molar-refractivity contribution in [2.45, 2.75) is 30.9 Å². The summed E-state index contributed by atoms with van der Waals surface area (Å²) in [7, 11) is 0. The molecule has 0 aromatic carbocycles. The van der Waals surface area contributed by atoms with Gasteiger partial charge in [-0.1, -0.05) is 11.6 Å². The number of alkyl halides is 8. The van der Waals surface area contributed by atoms with Gasteiger partial charge < -0.3 is 0 Å². The molecule has 0 bridgehead atoms. The Morgan fingerprint density at radius 1 is 1.05 bits per heavy atom. The topological polar surface area (TPSA) is 0 Å². The van der Waals surface area contributed by atoms with Crippen molar-refractivity contribution in [1.29, 1.82) is 0 Å². The molecule has 0 N–H and O–H groups in total. The molecule has 114 valence electrons. The average Bonchev–Trinajstić information content (AvgIpc) is 2.25. The van der Waals surface area contributed by atoms with Gasteiger partial charge >= 0.3 is 18.0 Å². The van der Waals surface area contributed by atoms with Gasteiger partial charge in [-0.05, 0) is 12.8 Å². The minimum absolute atomic E-state index is 0.429. The van der Waals surface area contributed by atoms with Gasteiger partial charge in [0.25, 0.3) is 0 Å². The first-order chi connectivity index (χ1) is 8.42. The normalized spacial score (nSPS) is 16.6. The standard InChI is InChI=1S/C9H8Cl2F8/c10-3-1-2-5(9(17,18)19)7(13,14)8(15,16)6(12)4-11/h4-5H,1-3H2. The van der Waals surface area contributed by atoms with Gasteiger partial charge in [0.1, 0.15) is 5.92 Å². The third kappa shape index (κ3) is 4.11. The van der Waals surface area contributed by atoms with Crippen LogP contribution in [-0.2, 0) is 0 Å². The van der Waals surface area contributed by atoms with E-state index in [1.165, 1.54) is 0 Å². The van der Waals surface area contributed by atoms with E-state index in [9.17, 15) is 35.1 Å². The summed E-state index contributed by atoms with van der Waals surface area (Å²) >= 11 is 9.56. The Kier molecular flexibility index (Phi) is 6.39. The van der Waals surface area contributed by atoms with Crippen molar-refractivity contribution in [3.8, 4) is 0 Å². The zero-order valence-electron chi connectivity index (χ0n) is 9.06. The van der Waals surface area contributed by atoms with Crippen LogP contribution in [0.4, 0.5) is 35.1 Å². The van der Waals surface area contributed by atoms with Gasteiger partial charge in [0.05, 0.1) is 0 Å². The van der Waals surface area contributed by atoms with Crippen LogP contribution in [0.5, 0.6) is 0 Å². The molecule has 0 fully saturated rings. The van der Waals surface area contributed by atoms with Crippen molar-refractivity contribution in [3.05, 3.63) is 11.4 Å². The van der Waals surface area contributed by atoms with E-state index in [0.29, 0.717) is 0 Å². The molecule has 0 saturated heterocycles. The lowest BCUT2D eigenvalue weighted by Crippen LogP contribution is -2.52. The fourth-order valence-electron chi connectivity index (χ4n) is 1.28. The second-order valence-corrected chi connectivity index (χ2v) is 4.18. The molecule has 0 radical (unpaired) electrons. The highest BCUT2D eigenvalue weighted by molar-refractivity contribution is 6.25. The second kappa shape index (κ2) is 6.47. The predicted octanol–water partition coefficient (Wildman–Crippen LogP) is 5.50. The number of hydrogen-bond acceptors (Lipinski definition) is 0. The van der Waals surface area contributed by atoms with Gasteiger partial charge in [0.2, 0.25) is 0 Å². The Morgan fingerprint density at radius 2 is 1.53 bits per heavy atom. The van der Waals surface area contributed by atoms with E-state index >= 15 is 0 Å². The highest BCUT2D eigenvalue weighted by atomic mass is 35.5. The quantitative estimate of drug-likeness (QED) is 0.443. The minimum Gasteiger partial charge on any atom is -0.204 e. The van der Waals surface area contributed by atoms with Gasteiger partial charge in [-0.3, -0.25) is 0 Å². The Labute approximate surface area is 113 Å². The molecule has 1 unspecified atom stereocenters. The average molecular weight is 339 g/mol. The van der Waals surface area contributed by atoms with Crippen molar-refractivity contribution >= 4 is 23.2 Å². The van der Waals surface area contributed by atoms with Crippen molar-refractivity contribution in [3.63, 3.8) is 0 Å². The molecule has 0 spiro atoms. The summed E-state index contributed by atoms with van der Waals surface area (Å²) in [5, 5.41) is 0. The fourth-order valence-corrected chi connectivity index (χ4v) is 1.57. The first-order valence-electron chi connectivity index (χ1n) is 4.77. The molecular formula is C9H8Cl2F8. The Hall–Kier alpha value is -0.240. The van der Waals surface area contributed by atoms with Crippen LogP contribution >= 0.6 is 23.2 Å². The van der Waals surface area contributed by atoms with Crippen molar-refractivity contribution in [2.75, 3.05) is 5.88 Å². The van der Waals surface area contributed by atoms with Crippen LogP contribution in [0.25, 0.3) is 0 Å². The second-order valence-electron chi connectivity index (χ2n) is 3.58. The number of rotatable bonds is 6. The molecule has 0 heterocycles. The Morgan fingerprint density at radius 3 is 1.84 bits per heavy atom. The molecule has 1 atom stereocenters. The van der Waals surface area contributed by atoms with Crippen molar-refractivity contribution < 1.29 is 35.1 Å². The first-order valence-corrected chi connectivity index (χ1v) is 5.74. The van der Waals surface area contributed by atoms with Crippen LogP contribution < -0.4 is 0 Å². The van der Waals surface area contributed by atoms with E-state index in [2.05, 4.69) is 11.6 Å². The van der Waals surface area contributed by atoms with Gasteiger partial charge in [-0.25, -0.2) is 4.39 Å². The summed E-state index contributed by atoms with van der Waals surface area (Å²) < 4.78 is 102. The monoisotopic (exact) mass is 338 g/mol. The van der Waals surface area contributed by atoms with Gasteiger partial charge in [0, 0.05) is 11.4 Å². The largest absolute Gasteiger partial charge is 0.397 e. The zero-order valence-corrected chi connectivity index (χ0v) is 10.6. The van der Waals surface area contributed by atoms with Crippen LogP contribution in [0.2, 0.25) is 0 Å². The molecule has 0 aromatic rings. The summed E-state index contributed by atoms with van der Waals surface area (Å²) in [5.41, 5.74) is -0.525. The number of allylic oxidation sites excluding steroid dienone is 1. The molecule has 19 heavy (non-hydrogen) atoms. The third-order valence-electron chi connectivity index (χ3n) is 2.27. The van der Waals surface area contributed by atoms with E-state index in [1.54, 1.807) is 0 Å². The lowest BCUT2D eigenvalue weighted by molar-refractivity contribution is -0.299. The van der Waals surface area contributed by atoms with Crippen LogP contribution in [0, 0.1) is 5.92 Å². The molecule has 0 aromatic heterocycles. The van der Waals surface area contributed by atoms with Gasteiger partial charge in [0.15, 0.2) is 5.83 Å². The highest BCUT2D eigenvalue weighted by Gasteiger charge is 2.69. The van der Waals surface area contributed by atoms with E-state index in [1.807, 2.05) is 0 Å². The van der Waals surface area contributed by atoms with Crippen LogP contribution in [-0.4, -0.2) is 23.9 Å². The van der Waals surface area contributed by atoms with E-state index in [-0.39, 0.29) is 0 Å². The lowest BCUT2D eigenvalue weighted by atomic mass is 9.90. The summed E-state index contributed by atoms with van der Waals surface area (Å²) in [6, 6.07) is 0. The highest BCUT2D eigenvalue weighted by Crippen LogP contribution is 2.51. The maximum Gasteiger partial charge on any atom is 0.397 e. The molecule has 0 amide bonds. The molecule has 0 aliphatic heterocycles. The SMILES string of the molecule is FC(=CCl)C(F)(F)C(F)(F)C(CCCCl)C(F)(F)F. The summed E-state index contributed by atoms with van der Waals surface area (Å²) in [6.45, 7) is 0. The first kappa shape index (κ1) is 18.8. The van der Waals surface area contributed by atoms with E-state index < -0.39 is 54.0 Å². The molecule has 0 saturated carbocycles. The number of hydrogen-bond donors (Lipinski definition) is 0. The molecule has 0 aliphatic rings. The Bertz CT molecular complexity index is 323. The van der Waals surface area contributed by atoms with Gasteiger partial charge in [-0.2, -0.15) is 30.7 Å². The third-order valence-corrected chi connectivity index (χ3v) is 2.73. The number of halogens is 10. The predicted molar refractivity (Wildman–Crippen MR) is 54.4 cm³/mol. The molecule has 0 rings (SSSR count). The van der Waals surface area contributed by atoms with Gasteiger partial charge in [-0.15, -0.1) is 11.6 Å². The van der Waals surface area contributed by atoms with Crippen LogP contribution in [0.15, 0.2) is 11.4 Å². The summed E-state index contributed by atoms with van der Waals surface area (Å²) in [4.78, 5) is 0. The molecular weight excluding hydrogens is 331 g/mol. The van der Waals surface area contributed by atoms with Crippen LogP contribution in [0.3, 0.4) is 0 Å². The lowest BCUT2D eigenvalue weighted by Gasteiger charge is -2.33. The fraction of sp³-hybridized carbons (Fsp3) is 0.778. The summed E-state index contributed by atoms with van der Waals surface area (Å²) in [6.07, 6.45) is -7.57. The maximum atomic E-state index is 13.3. The molecule has 10 heteroatoms. The maximum absolute atomic E-state index is 13.3. The van der Waals surface area contributed by atoms with E-state index in [0.717, 1.165) is 0 Å². The smallest absolute Gasteiger partial charge is 0.204 e. The zero-order chi connectivity index (χ0) is 15.5. The molecule has 0 nitrogen and oxygen atoms in total. The van der Waals surface area contributed by atoms with Crippen molar-refractivity contribution in [1.82, 2.24) is 0 Å². The minimum atomic E-state index is -5.67. The Balaban J connectivity index is 5.52. The van der Waals surface area contributed by atoms with Crippen molar-refractivity contribution in [2.24, 2.45) is 5.92 Å². The van der Waals surface area contributed by atoms with Crippen LogP contribution in [0.1, 0.15) is 12.8 Å².